The fourth-order valence-electron chi connectivity index (χ4n) is 3.00. The zero-order valence-corrected chi connectivity index (χ0v) is 14.0. The molecule has 0 N–H and O–H groups in total. The molecule has 1 aliphatic heterocycles. The first kappa shape index (κ1) is 15.5. The van der Waals surface area contributed by atoms with Gasteiger partial charge in [0, 0.05) is 43.9 Å². The van der Waals surface area contributed by atoms with Gasteiger partial charge in [0.25, 0.3) is 5.56 Å². The highest BCUT2D eigenvalue weighted by molar-refractivity contribution is 5.30. The Kier molecular flexibility index (Phi) is 4.01. The summed E-state index contributed by atoms with van der Waals surface area (Å²) in [6, 6.07) is 1.61. The fourth-order valence-corrected chi connectivity index (χ4v) is 3.00. The van der Waals surface area contributed by atoms with Crippen molar-refractivity contribution in [2.24, 2.45) is 0 Å². The Bertz CT molecular complexity index is 915. The summed E-state index contributed by atoms with van der Waals surface area (Å²) < 4.78 is 3.65. The first-order valence-electron chi connectivity index (χ1n) is 8.28. The van der Waals surface area contributed by atoms with Gasteiger partial charge in [-0.3, -0.25) is 9.36 Å². The molecular weight excluding hydrogens is 318 g/mol. The van der Waals surface area contributed by atoms with Crippen LogP contribution in [0.3, 0.4) is 0 Å². The number of aryl methyl sites for hydroxylation is 1. The lowest BCUT2D eigenvalue weighted by Crippen LogP contribution is -2.28. The number of aromatic nitrogens is 6. The molecule has 0 aromatic carbocycles. The van der Waals surface area contributed by atoms with Gasteiger partial charge in [-0.15, -0.1) is 0 Å². The zero-order valence-electron chi connectivity index (χ0n) is 14.0. The van der Waals surface area contributed by atoms with Crippen LogP contribution in [0.25, 0.3) is 0 Å². The SMILES string of the molecule is Cc1cnc(N2CCCn3c(nc(Cn4ccnc4)cc3=O)C2)nc1. The van der Waals surface area contributed by atoms with E-state index in [1.807, 2.05) is 30.1 Å². The second-order valence-corrected chi connectivity index (χ2v) is 6.22. The molecule has 3 aromatic heterocycles. The topological polar surface area (TPSA) is 81.7 Å². The van der Waals surface area contributed by atoms with Gasteiger partial charge >= 0.3 is 0 Å². The van der Waals surface area contributed by atoms with E-state index in [9.17, 15) is 4.79 Å². The molecule has 3 aromatic rings. The van der Waals surface area contributed by atoms with Gasteiger partial charge in [-0.25, -0.2) is 19.9 Å². The molecule has 4 rings (SSSR count). The van der Waals surface area contributed by atoms with E-state index in [-0.39, 0.29) is 5.56 Å². The molecule has 0 saturated carbocycles. The van der Waals surface area contributed by atoms with Crippen molar-refractivity contribution in [2.45, 2.75) is 33.0 Å². The molecule has 0 fully saturated rings. The lowest BCUT2D eigenvalue weighted by atomic mass is 10.3. The monoisotopic (exact) mass is 337 g/mol. The van der Waals surface area contributed by atoms with Gasteiger partial charge in [0.05, 0.1) is 25.1 Å². The third-order valence-corrected chi connectivity index (χ3v) is 4.24. The van der Waals surface area contributed by atoms with E-state index in [1.54, 1.807) is 23.2 Å². The minimum atomic E-state index is -0.00760. The van der Waals surface area contributed by atoms with Crippen molar-refractivity contribution >= 4 is 5.95 Å². The molecule has 8 heteroatoms. The lowest BCUT2D eigenvalue weighted by molar-refractivity contribution is 0.614. The van der Waals surface area contributed by atoms with E-state index in [0.29, 0.717) is 25.6 Å². The average molecular weight is 337 g/mol. The maximum atomic E-state index is 12.5. The molecule has 0 saturated heterocycles. The summed E-state index contributed by atoms with van der Waals surface area (Å²) in [4.78, 5) is 32.1. The number of anilines is 1. The number of imidazole rings is 1. The largest absolute Gasteiger partial charge is 0.333 e. The summed E-state index contributed by atoms with van der Waals surface area (Å²) in [5.41, 5.74) is 1.75. The van der Waals surface area contributed by atoms with Crippen molar-refractivity contribution in [3.05, 3.63) is 64.6 Å². The Hall–Kier alpha value is -3.03. The van der Waals surface area contributed by atoms with E-state index in [2.05, 4.69) is 19.9 Å². The molecule has 0 atom stereocenters. The number of fused-ring (bicyclic) bond motifs is 1. The first-order chi connectivity index (χ1) is 12.2. The van der Waals surface area contributed by atoms with Crippen LogP contribution in [0.15, 0.2) is 42.0 Å². The molecule has 8 nitrogen and oxygen atoms in total. The van der Waals surface area contributed by atoms with Crippen molar-refractivity contribution in [3.8, 4) is 0 Å². The normalized spacial score (nSPS) is 14.2. The second-order valence-electron chi connectivity index (χ2n) is 6.22. The van der Waals surface area contributed by atoms with Crippen molar-refractivity contribution in [1.82, 2.24) is 29.1 Å². The van der Waals surface area contributed by atoms with E-state index >= 15 is 0 Å². The molecule has 4 heterocycles. The van der Waals surface area contributed by atoms with Crippen LogP contribution in [0.1, 0.15) is 23.5 Å². The van der Waals surface area contributed by atoms with Crippen LogP contribution in [0.4, 0.5) is 5.95 Å². The van der Waals surface area contributed by atoms with Gasteiger partial charge in [-0.2, -0.15) is 0 Å². The van der Waals surface area contributed by atoms with Crippen LogP contribution in [0.2, 0.25) is 0 Å². The van der Waals surface area contributed by atoms with Crippen LogP contribution < -0.4 is 10.5 Å². The van der Waals surface area contributed by atoms with Crippen LogP contribution in [-0.4, -0.2) is 35.6 Å². The molecule has 128 valence electrons. The van der Waals surface area contributed by atoms with Crippen molar-refractivity contribution < 1.29 is 0 Å². The lowest BCUT2D eigenvalue weighted by Gasteiger charge is -2.20. The third-order valence-electron chi connectivity index (χ3n) is 4.24. The molecule has 0 spiro atoms. The second kappa shape index (κ2) is 6.46. The molecule has 25 heavy (non-hydrogen) atoms. The Balaban J connectivity index is 1.66. The summed E-state index contributed by atoms with van der Waals surface area (Å²) in [5, 5.41) is 0. The molecule has 1 aliphatic rings. The Labute approximate surface area is 144 Å². The van der Waals surface area contributed by atoms with Gasteiger partial charge in [-0.05, 0) is 18.9 Å². The molecular formula is C17H19N7O. The summed E-state index contributed by atoms with van der Waals surface area (Å²) in [6.07, 6.45) is 9.76. The quantitative estimate of drug-likeness (QED) is 0.709. The first-order valence-corrected chi connectivity index (χ1v) is 8.28. The molecule has 0 amide bonds. The van der Waals surface area contributed by atoms with Crippen molar-refractivity contribution in [1.29, 1.82) is 0 Å². The Morgan fingerprint density at radius 1 is 1.20 bits per heavy atom. The van der Waals surface area contributed by atoms with Crippen LogP contribution >= 0.6 is 0 Å². The van der Waals surface area contributed by atoms with E-state index in [1.165, 1.54) is 0 Å². The van der Waals surface area contributed by atoms with E-state index in [4.69, 9.17) is 4.98 Å². The zero-order chi connectivity index (χ0) is 17.2. The minimum Gasteiger partial charge on any atom is -0.333 e. The van der Waals surface area contributed by atoms with Gasteiger partial charge in [0.15, 0.2) is 0 Å². The van der Waals surface area contributed by atoms with Gasteiger partial charge in [0.1, 0.15) is 5.82 Å². The summed E-state index contributed by atoms with van der Waals surface area (Å²) in [6.45, 7) is 4.47. The Morgan fingerprint density at radius 2 is 2.04 bits per heavy atom. The van der Waals surface area contributed by atoms with Crippen molar-refractivity contribution in [2.75, 3.05) is 11.4 Å². The van der Waals surface area contributed by atoms with E-state index < -0.39 is 0 Å². The molecule has 0 aliphatic carbocycles. The Morgan fingerprint density at radius 3 is 2.80 bits per heavy atom. The standard InChI is InChI=1S/C17H19N7O/c1-13-8-19-17(20-9-13)23-4-2-5-24-15(11-23)21-14(7-16(24)25)10-22-6-3-18-12-22/h3,6-9,12H,2,4-5,10-11H2,1H3. The van der Waals surface area contributed by atoms with Gasteiger partial charge < -0.3 is 9.47 Å². The molecule has 0 bridgehead atoms. The molecule has 0 unspecified atom stereocenters. The van der Waals surface area contributed by atoms with Crippen LogP contribution in [0, 0.1) is 6.92 Å². The maximum absolute atomic E-state index is 12.5. The van der Waals surface area contributed by atoms with Gasteiger partial charge in [-0.1, -0.05) is 0 Å². The van der Waals surface area contributed by atoms with Crippen LogP contribution in [0.5, 0.6) is 0 Å². The number of nitrogens with zero attached hydrogens (tertiary/aromatic N) is 7. The predicted molar refractivity (Wildman–Crippen MR) is 92.3 cm³/mol. The van der Waals surface area contributed by atoms with Crippen molar-refractivity contribution in [3.63, 3.8) is 0 Å². The van der Waals surface area contributed by atoms with Gasteiger partial charge in [0.2, 0.25) is 5.95 Å². The average Bonchev–Trinajstić information content (AvgIpc) is 3.00. The highest BCUT2D eigenvalue weighted by atomic mass is 16.1. The maximum Gasteiger partial charge on any atom is 0.253 e. The highest BCUT2D eigenvalue weighted by Crippen LogP contribution is 2.15. The highest BCUT2D eigenvalue weighted by Gasteiger charge is 2.19. The smallest absolute Gasteiger partial charge is 0.253 e. The third kappa shape index (κ3) is 3.28. The van der Waals surface area contributed by atoms with Crippen LogP contribution in [-0.2, 0) is 19.6 Å². The molecule has 0 radical (unpaired) electrons. The summed E-state index contributed by atoms with van der Waals surface area (Å²) >= 11 is 0. The summed E-state index contributed by atoms with van der Waals surface area (Å²) in [5.74, 6) is 1.43. The number of rotatable bonds is 3. The number of hydrogen-bond donors (Lipinski definition) is 0. The van der Waals surface area contributed by atoms with E-state index in [0.717, 1.165) is 30.0 Å². The fraction of sp³-hybridized carbons (Fsp3) is 0.353. The summed E-state index contributed by atoms with van der Waals surface area (Å²) in [7, 11) is 0. The number of hydrogen-bond acceptors (Lipinski definition) is 6. The minimum absolute atomic E-state index is 0.00760. The predicted octanol–water partition coefficient (Wildman–Crippen LogP) is 0.997.